The molecule has 0 spiro atoms. The Hall–Kier alpha value is -2.74. The van der Waals surface area contributed by atoms with Crippen LogP contribution >= 0.6 is 39.3 Å². The lowest BCUT2D eigenvalue weighted by molar-refractivity contribution is -0.115. The Bertz CT molecular complexity index is 1250. The number of benzene rings is 3. The number of ether oxygens (including phenoxy) is 2. The first-order valence-corrected chi connectivity index (χ1v) is 12.2. The number of carbonyl (C=O) groups excluding carboxylic acids is 1. The third-order valence-corrected chi connectivity index (χ3v) is 6.58. The number of amides is 1. The van der Waals surface area contributed by atoms with Crippen molar-refractivity contribution in [2.75, 3.05) is 6.61 Å². The first kappa shape index (κ1) is 23.4. The number of nitrogens with one attached hydrogen (secondary N) is 1. The van der Waals surface area contributed by atoms with Gasteiger partial charge in [0, 0.05) is 15.1 Å². The number of thioether (sulfide) groups is 1. The van der Waals surface area contributed by atoms with E-state index in [0.29, 0.717) is 39.8 Å². The van der Waals surface area contributed by atoms with Crippen molar-refractivity contribution in [3.63, 3.8) is 0 Å². The van der Waals surface area contributed by atoms with E-state index in [0.717, 1.165) is 21.3 Å². The Labute approximate surface area is 210 Å². The molecule has 5 nitrogen and oxygen atoms in total. The first-order valence-electron chi connectivity index (χ1n) is 10.2. The Kier molecular flexibility index (Phi) is 7.75. The smallest absolute Gasteiger partial charge is 0.264 e. The van der Waals surface area contributed by atoms with Crippen molar-refractivity contribution in [1.82, 2.24) is 5.32 Å². The molecule has 168 valence electrons. The first-order chi connectivity index (χ1) is 16.0. The van der Waals surface area contributed by atoms with E-state index in [2.05, 4.69) is 26.2 Å². The number of rotatable bonds is 7. The predicted molar refractivity (Wildman–Crippen MR) is 138 cm³/mol. The van der Waals surface area contributed by atoms with Crippen LogP contribution in [0.4, 0.5) is 5.69 Å². The third-order valence-electron chi connectivity index (χ3n) is 4.63. The summed E-state index contributed by atoms with van der Waals surface area (Å²) in [7, 11) is 0. The molecule has 0 radical (unpaired) electrons. The van der Waals surface area contributed by atoms with Gasteiger partial charge in [-0.05, 0) is 76.6 Å². The quantitative estimate of drug-likeness (QED) is 0.327. The highest BCUT2D eigenvalue weighted by Crippen LogP contribution is 2.34. The largest absolute Gasteiger partial charge is 0.490 e. The summed E-state index contributed by atoms with van der Waals surface area (Å²) in [4.78, 5) is 17.5. The lowest BCUT2D eigenvalue weighted by atomic mass is 10.2. The van der Waals surface area contributed by atoms with E-state index in [9.17, 15) is 4.79 Å². The van der Waals surface area contributed by atoms with E-state index in [4.69, 9.17) is 21.1 Å². The van der Waals surface area contributed by atoms with Crippen molar-refractivity contribution in [3.05, 3.63) is 92.3 Å². The molecule has 0 aromatic heterocycles. The molecule has 3 aromatic carbocycles. The van der Waals surface area contributed by atoms with Gasteiger partial charge in [0.25, 0.3) is 5.91 Å². The average Bonchev–Trinajstić information content (AvgIpc) is 3.14. The van der Waals surface area contributed by atoms with Gasteiger partial charge in [-0.1, -0.05) is 48.0 Å². The summed E-state index contributed by atoms with van der Waals surface area (Å²) in [6.07, 6.45) is 1.81. The number of hydrogen-bond acceptors (Lipinski definition) is 5. The second kappa shape index (κ2) is 10.9. The predicted octanol–water partition coefficient (Wildman–Crippen LogP) is 6.97. The van der Waals surface area contributed by atoms with Gasteiger partial charge in [-0.25, -0.2) is 4.99 Å². The van der Waals surface area contributed by atoms with E-state index in [1.54, 1.807) is 0 Å². The molecule has 0 saturated carbocycles. The third kappa shape index (κ3) is 5.99. The summed E-state index contributed by atoms with van der Waals surface area (Å²) in [5.41, 5.74) is 2.47. The van der Waals surface area contributed by atoms with E-state index in [1.807, 2.05) is 79.7 Å². The van der Waals surface area contributed by atoms with Gasteiger partial charge in [-0.3, -0.25) is 4.79 Å². The number of aliphatic imine (C=N–C) groups is 1. The Morgan fingerprint density at radius 2 is 1.85 bits per heavy atom. The molecule has 1 fully saturated rings. The molecule has 0 bridgehead atoms. The number of nitrogens with zero attached hydrogens (tertiary/aromatic N) is 1. The fraction of sp³-hybridized carbons (Fsp3) is 0.120. The van der Waals surface area contributed by atoms with Gasteiger partial charge in [0.05, 0.1) is 17.2 Å². The number of amidine groups is 1. The summed E-state index contributed by atoms with van der Waals surface area (Å²) in [6, 6.07) is 20.7. The van der Waals surface area contributed by atoms with Crippen LogP contribution in [0.25, 0.3) is 6.08 Å². The van der Waals surface area contributed by atoms with Crippen LogP contribution in [0.1, 0.15) is 18.1 Å². The topological polar surface area (TPSA) is 59.9 Å². The molecule has 1 aliphatic heterocycles. The van der Waals surface area contributed by atoms with Gasteiger partial charge < -0.3 is 14.8 Å². The Morgan fingerprint density at radius 3 is 2.64 bits per heavy atom. The zero-order valence-electron chi connectivity index (χ0n) is 17.7. The molecule has 1 amide bonds. The number of para-hydroxylation sites is 1. The van der Waals surface area contributed by atoms with E-state index in [1.165, 1.54) is 11.8 Å². The summed E-state index contributed by atoms with van der Waals surface area (Å²) in [5, 5.41) is 4.00. The fourth-order valence-electron chi connectivity index (χ4n) is 3.06. The molecular formula is C25H20BrClN2O3S. The second-order valence-corrected chi connectivity index (χ2v) is 9.24. The SMILES string of the molecule is CCOc1cc(/C=C2\SC(=Nc3ccccc3Br)NC2=O)ccc1OCc1ccccc1Cl. The Morgan fingerprint density at radius 1 is 1.06 bits per heavy atom. The van der Waals surface area contributed by atoms with Crippen LogP contribution < -0.4 is 14.8 Å². The highest BCUT2D eigenvalue weighted by Gasteiger charge is 2.24. The van der Waals surface area contributed by atoms with Gasteiger partial charge >= 0.3 is 0 Å². The number of carbonyl (C=O) groups is 1. The molecule has 8 heteroatoms. The molecule has 0 atom stereocenters. The lowest BCUT2D eigenvalue weighted by Crippen LogP contribution is -2.19. The monoisotopic (exact) mass is 542 g/mol. The number of halogens is 2. The zero-order valence-corrected chi connectivity index (χ0v) is 20.8. The highest BCUT2D eigenvalue weighted by molar-refractivity contribution is 9.10. The minimum Gasteiger partial charge on any atom is -0.490 e. The van der Waals surface area contributed by atoms with Gasteiger partial charge in [-0.2, -0.15) is 0 Å². The van der Waals surface area contributed by atoms with Crippen molar-refractivity contribution < 1.29 is 14.3 Å². The van der Waals surface area contributed by atoms with Crippen molar-refractivity contribution >= 4 is 62.1 Å². The molecule has 3 aromatic rings. The summed E-state index contributed by atoms with van der Waals surface area (Å²) in [6.45, 7) is 2.72. The van der Waals surface area contributed by atoms with Gasteiger partial charge in [0.15, 0.2) is 16.7 Å². The molecule has 1 heterocycles. The van der Waals surface area contributed by atoms with Crippen molar-refractivity contribution in [3.8, 4) is 11.5 Å². The van der Waals surface area contributed by atoms with Crippen LogP contribution in [0.3, 0.4) is 0 Å². The van der Waals surface area contributed by atoms with E-state index < -0.39 is 0 Å². The number of hydrogen-bond donors (Lipinski definition) is 1. The summed E-state index contributed by atoms with van der Waals surface area (Å²) < 4.78 is 12.6. The standard InChI is InChI=1S/C25H20BrClN2O3S/c1-2-31-22-13-16(11-12-21(22)32-15-17-7-3-5-9-19(17)27)14-23-24(30)29-25(33-23)28-20-10-6-4-8-18(20)26/h3-14H,2,15H2,1H3,(H,28,29,30)/b23-14-. The van der Waals surface area contributed by atoms with Crippen LogP contribution in [0.5, 0.6) is 11.5 Å². The molecule has 0 aliphatic carbocycles. The van der Waals surface area contributed by atoms with Gasteiger partial charge in [-0.15, -0.1) is 0 Å². The Balaban J connectivity index is 1.53. The van der Waals surface area contributed by atoms with Crippen molar-refractivity contribution in [2.45, 2.75) is 13.5 Å². The average molecular weight is 544 g/mol. The van der Waals surface area contributed by atoms with Crippen molar-refractivity contribution in [1.29, 1.82) is 0 Å². The molecular weight excluding hydrogens is 524 g/mol. The maximum atomic E-state index is 12.5. The summed E-state index contributed by atoms with van der Waals surface area (Å²) in [5.74, 6) is 1.02. The molecule has 1 aliphatic rings. The van der Waals surface area contributed by atoms with Gasteiger partial charge in [0.2, 0.25) is 0 Å². The maximum absolute atomic E-state index is 12.5. The zero-order chi connectivity index (χ0) is 23.2. The molecule has 1 saturated heterocycles. The molecule has 0 unspecified atom stereocenters. The minimum atomic E-state index is -0.192. The maximum Gasteiger partial charge on any atom is 0.264 e. The molecule has 1 N–H and O–H groups in total. The molecule has 33 heavy (non-hydrogen) atoms. The van der Waals surface area contributed by atoms with Gasteiger partial charge in [0.1, 0.15) is 6.61 Å². The second-order valence-electron chi connectivity index (χ2n) is 6.95. The van der Waals surface area contributed by atoms with Crippen LogP contribution in [-0.2, 0) is 11.4 Å². The van der Waals surface area contributed by atoms with E-state index >= 15 is 0 Å². The van der Waals surface area contributed by atoms with Crippen LogP contribution in [0, 0.1) is 0 Å². The lowest BCUT2D eigenvalue weighted by Gasteiger charge is -2.13. The fourth-order valence-corrected chi connectivity index (χ4v) is 4.46. The summed E-state index contributed by atoms with van der Waals surface area (Å²) >= 11 is 11.0. The van der Waals surface area contributed by atoms with E-state index in [-0.39, 0.29) is 5.91 Å². The van der Waals surface area contributed by atoms with Crippen molar-refractivity contribution in [2.24, 2.45) is 4.99 Å². The van der Waals surface area contributed by atoms with Crippen LogP contribution in [0.15, 0.2) is 81.1 Å². The highest BCUT2D eigenvalue weighted by atomic mass is 79.9. The van der Waals surface area contributed by atoms with Crippen LogP contribution in [-0.4, -0.2) is 17.7 Å². The molecule has 4 rings (SSSR count). The van der Waals surface area contributed by atoms with Crippen LogP contribution in [0.2, 0.25) is 5.02 Å². The minimum absolute atomic E-state index is 0.192. The normalized spacial score (nSPS) is 15.7.